The first kappa shape index (κ1) is 25.2. The maximum absolute atomic E-state index is 2.46. The number of nitrogens with zero attached hydrogens (tertiary/aromatic N) is 2. The molecule has 0 atom stereocenters. The molecule has 2 heterocycles. The van der Waals surface area contributed by atoms with Gasteiger partial charge in [-0.1, -0.05) is 115 Å². The monoisotopic (exact) mass is 584 g/mol. The summed E-state index contributed by atoms with van der Waals surface area (Å²) >= 11 is 0. The number of aromatic nitrogens is 2. The molecular weight excluding hydrogens is 556 g/mol. The summed E-state index contributed by atoms with van der Waals surface area (Å²) in [6.07, 6.45) is 0. The van der Waals surface area contributed by atoms with E-state index >= 15 is 0 Å². The van der Waals surface area contributed by atoms with E-state index in [0.717, 1.165) is 0 Å². The third-order valence-corrected chi connectivity index (χ3v) is 9.67. The van der Waals surface area contributed by atoms with Gasteiger partial charge in [-0.15, -0.1) is 0 Å². The molecule has 10 rings (SSSR count). The third kappa shape index (κ3) is 3.53. The molecule has 214 valence electrons. The summed E-state index contributed by atoms with van der Waals surface area (Å²) < 4.78 is 4.84. The van der Waals surface area contributed by atoms with Crippen molar-refractivity contribution < 1.29 is 0 Å². The summed E-state index contributed by atoms with van der Waals surface area (Å²) in [4.78, 5) is 0. The van der Waals surface area contributed by atoms with Crippen LogP contribution in [0.5, 0.6) is 0 Å². The number of fused-ring (bicyclic) bond motifs is 11. The maximum Gasteiger partial charge on any atom is 0.0625 e. The Kier molecular flexibility index (Phi) is 5.31. The standard InChI is InChI=1S/C44H28N2/c1-3-13-31(14-4-1)45-40-22-12-11-19-35(40)38-27-29(23-25-41(38)45)30-24-26-42-39(28-30)43-36-20-9-7-17-33(36)34-18-8-10-21-37(34)44(43)46(42)32-15-5-2-6-16-32/h1-28H. The number of rotatable bonds is 3. The lowest BCUT2D eigenvalue weighted by Crippen LogP contribution is -1.94. The second-order valence-corrected chi connectivity index (χ2v) is 12.1. The molecule has 2 heteroatoms. The van der Waals surface area contributed by atoms with Crippen LogP contribution in [0.2, 0.25) is 0 Å². The summed E-state index contributed by atoms with van der Waals surface area (Å²) in [7, 11) is 0. The quantitative estimate of drug-likeness (QED) is 0.183. The van der Waals surface area contributed by atoms with Crippen molar-refractivity contribution in [1.29, 1.82) is 0 Å². The SMILES string of the molecule is c1ccc(-n2c3ccccc3c3cc(-c4ccc5c(c4)c4c6ccccc6c6ccccc6c4n5-c4ccccc4)ccc32)cc1. The lowest BCUT2D eigenvalue weighted by Gasteiger charge is -2.12. The molecule has 10 aromatic rings. The topological polar surface area (TPSA) is 9.86 Å². The van der Waals surface area contributed by atoms with Crippen molar-refractivity contribution in [3.8, 4) is 22.5 Å². The van der Waals surface area contributed by atoms with Gasteiger partial charge in [-0.3, -0.25) is 0 Å². The van der Waals surface area contributed by atoms with Crippen molar-refractivity contribution in [2.75, 3.05) is 0 Å². The first-order valence-electron chi connectivity index (χ1n) is 15.9. The van der Waals surface area contributed by atoms with Crippen LogP contribution in [0.25, 0.3) is 87.7 Å². The van der Waals surface area contributed by atoms with Crippen LogP contribution in [0.1, 0.15) is 0 Å². The Labute approximate surface area is 266 Å². The minimum atomic E-state index is 1.17. The summed E-state index contributed by atoms with van der Waals surface area (Å²) in [5, 5.41) is 10.2. The van der Waals surface area contributed by atoms with E-state index in [0.29, 0.717) is 0 Å². The lowest BCUT2D eigenvalue weighted by molar-refractivity contribution is 1.18. The van der Waals surface area contributed by atoms with Crippen molar-refractivity contribution in [3.05, 3.63) is 170 Å². The Hall–Kier alpha value is -6.12. The van der Waals surface area contributed by atoms with E-state index in [4.69, 9.17) is 0 Å². The minimum absolute atomic E-state index is 1.17. The zero-order chi connectivity index (χ0) is 30.2. The molecule has 0 aliphatic heterocycles. The fourth-order valence-electron chi connectivity index (χ4n) is 7.71. The average Bonchev–Trinajstić information content (AvgIpc) is 3.65. The van der Waals surface area contributed by atoms with Gasteiger partial charge < -0.3 is 9.13 Å². The van der Waals surface area contributed by atoms with Gasteiger partial charge in [-0.25, -0.2) is 0 Å². The average molecular weight is 585 g/mol. The van der Waals surface area contributed by atoms with Gasteiger partial charge in [-0.2, -0.15) is 0 Å². The van der Waals surface area contributed by atoms with Gasteiger partial charge >= 0.3 is 0 Å². The summed E-state index contributed by atoms with van der Waals surface area (Å²) in [5.41, 5.74) is 9.70. The molecule has 0 unspecified atom stereocenters. The van der Waals surface area contributed by atoms with E-state index in [1.54, 1.807) is 0 Å². The highest BCUT2D eigenvalue weighted by Crippen LogP contribution is 2.44. The first-order valence-corrected chi connectivity index (χ1v) is 15.9. The van der Waals surface area contributed by atoms with Crippen LogP contribution < -0.4 is 0 Å². The van der Waals surface area contributed by atoms with Gasteiger partial charge in [0.1, 0.15) is 0 Å². The van der Waals surface area contributed by atoms with Crippen molar-refractivity contribution in [1.82, 2.24) is 9.13 Å². The zero-order valence-electron chi connectivity index (χ0n) is 25.1. The number of para-hydroxylation sites is 3. The second kappa shape index (κ2) is 9.69. The molecule has 0 radical (unpaired) electrons. The Balaban J connectivity index is 1.29. The molecule has 2 aromatic heterocycles. The van der Waals surface area contributed by atoms with Crippen LogP contribution in [0.4, 0.5) is 0 Å². The molecule has 0 bridgehead atoms. The molecule has 0 spiro atoms. The smallest absolute Gasteiger partial charge is 0.0625 e. The highest BCUT2D eigenvalue weighted by atomic mass is 15.0. The van der Waals surface area contributed by atoms with Crippen LogP contribution in [-0.2, 0) is 0 Å². The van der Waals surface area contributed by atoms with E-state index in [9.17, 15) is 0 Å². The van der Waals surface area contributed by atoms with E-state index < -0.39 is 0 Å². The molecule has 0 aliphatic rings. The van der Waals surface area contributed by atoms with Crippen LogP contribution in [-0.4, -0.2) is 9.13 Å². The molecular formula is C44H28N2. The predicted molar refractivity (Wildman–Crippen MR) is 196 cm³/mol. The van der Waals surface area contributed by atoms with Crippen LogP contribution in [0.15, 0.2) is 170 Å². The molecule has 0 saturated carbocycles. The number of benzene rings is 8. The molecule has 0 fully saturated rings. The maximum atomic E-state index is 2.46. The first-order chi connectivity index (χ1) is 22.8. The van der Waals surface area contributed by atoms with Gasteiger partial charge in [0, 0.05) is 38.3 Å². The molecule has 0 aliphatic carbocycles. The van der Waals surface area contributed by atoms with E-state index in [2.05, 4.69) is 179 Å². The molecule has 46 heavy (non-hydrogen) atoms. The van der Waals surface area contributed by atoms with Gasteiger partial charge in [0.05, 0.1) is 22.1 Å². The largest absolute Gasteiger partial charge is 0.309 e. The fraction of sp³-hybridized carbons (Fsp3) is 0. The summed E-state index contributed by atoms with van der Waals surface area (Å²) in [6.45, 7) is 0. The normalized spacial score (nSPS) is 11.9. The predicted octanol–water partition coefficient (Wildman–Crippen LogP) is 11.9. The van der Waals surface area contributed by atoms with Crippen molar-refractivity contribution >= 4 is 65.2 Å². The molecule has 0 N–H and O–H groups in total. The molecule has 0 amide bonds. The van der Waals surface area contributed by atoms with E-state index in [1.807, 2.05) is 0 Å². The summed E-state index contributed by atoms with van der Waals surface area (Å²) in [6, 6.07) is 61.9. The summed E-state index contributed by atoms with van der Waals surface area (Å²) in [5.74, 6) is 0. The minimum Gasteiger partial charge on any atom is -0.309 e. The van der Waals surface area contributed by atoms with Crippen molar-refractivity contribution in [2.24, 2.45) is 0 Å². The number of hydrogen-bond acceptors (Lipinski definition) is 0. The highest BCUT2D eigenvalue weighted by molar-refractivity contribution is 6.32. The van der Waals surface area contributed by atoms with E-state index in [-0.39, 0.29) is 0 Å². The van der Waals surface area contributed by atoms with Gasteiger partial charge in [0.2, 0.25) is 0 Å². The van der Waals surface area contributed by atoms with Gasteiger partial charge in [0.25, 0.3) is 0 Å². The van der Waals surface area contributed by atoms with Crippen molar-refractivity contribution in [2.45, 2.75) is 0 Å². The van der Waals surface area contributed by atoms with Crippen LogP contribution in [0, 0.1) is 0 Å². The van der Waals surface area contributed by atoms with Gasteiger partial charge in [-0.05, 0) is 81.9 Å². The van der Waals surface area contributed by atoms with E-state index in [1.165, 1.54) is 87.7 Å². The molecule has 2 nitrogen and oxygen atoms in total. The van der Waals surface area contributed by atoms with Crippen LogP contribution in [0.3, 0.4) is 0 Å². The third-order valence-electron chi connectivity index (χ3n) is 9.67. The zero-order valence-corrected chi connectivity index (χ0v) is 25.1. The Morgan fingerprint density at radius 3 is 1.41 bits per heavy atom. The Morgan fingerprint density at radius 1 is 0.283 bits per heavy atom. The Bertz CT molecular complexity index is 2780. The molecule has 8 aromatic carbocycles. The number of hydrogen-bond donors (Lipinski definition) is 0. The second-order valence-electron chi connectivity index (χ2n) is 12.1. The molecule has 0 saturated heterocycles. The highest BCUT2D eigenvalue weighted by Gasteiger charge is 2.20. The lowest BCUT2D eigenvalue weighted by atomic mass is 9.95. The Morgan fingerprint density at radius 2 is 0.739 bits per heavy atom. The van der Waals surface area contributed by atoms with Crippen LogP contribution >= 0.6 is 0 Å². The fourth-order valence-corrected chi connectivity index (χ4v) is 7.71. The van der Waals surface area contributed by atoms with Crippen molar-refractivity contribution in [3.63, 3.8) is 0 Å². The van der Waals surface area contributed by atoms with Gasteiger partial charge in [0.15, 0.2) is 0 Å².